The van der Waals surface area contributed by atoms with Gasteiger partial charge in [0.25, 0.3) is 5.91 Å². The first-order valence-electron chi connectivity index (χ1n) is 7.81. The van der Waals surface area contributed by atoms with Crippen LogP contribution in [0.1, 0.15) is 15.9 Å². The molecule has 0 fully saturated rings. The molecular weight excluding hydrogens is 332 g/mol. The molecule has 2 heterocycles. The lowest BCUT2D eigenvalue weighted by Crippen LogP contribution is -2.28. The van der Waals surface area contributed by atoms with E-state index in [0.29, 0.717) is 23.5 Å². The molecule has 0 spiro atoms. The van der Waals surface area contributed by atoms with Crippen LogP contribution in [-0.4, -0.2) is 26.9 Å². The van der Waals surface area contributed by atoms with Crippen LogP contribution >= 0.6 is 0 Å². The molecule has 8 heteroatoms. The molecule has 0 unspecified atom stereocenters. The maximum Gasteiger partial charge on any atom is 0.319 e. The Labute approximate surface area is 149 Å². The van der Waals surface area contributed by atoms with Gasteiger partial charge in [-0.05, 0) is 42.0 Å². The van der Waals surface area contributed by atoms with Crippen molar-refractivity contribution in [3.63, 3.8) is 0 Å². The van der Waals surface area contributed by atoms with Crippen LogP contribution in [-0.2, 0) is 6.54 Å². The Morgan fingerprint density at radius 3 is 2.19 bits per heavy atom. The highest BCUT2D eigenvalue weighted by atomic mass is 16.2. The summed E-state index contributed by atoms with van der Waals surface area (Å²) in [5, 5.41) is 8.15. The summed E-state index contributed by atoms with van der Waals surface area (Å²) in [4.78, 5) is 35.6. The summed E-state index contributed by atoms with van der Waals surface area (Å²) in [7, 11) is 0. The molecule has 8 nitrogen and oxygen atoms in total. The van der Waals surface area contributed by atoms with Crippen LogP contribution in [0.5, 0.6) is 0 Å². The minimum atomic E-state index is -0.333. The SMILES string of the molecule is O=C(NCc1ccncc1)Nc1ccc(C(=O)Nc2cncnc2)cc1. The number of carbonyl (C=O) groups is 2. The maximum atomic E-state index is 12.1. The molecule has 26 heavy (non-hydrogen) atoms. The second-order valence-corrected chi connectivity index (χ2v) is 5.32. The highest BCUT2D eigenvalue weighted by molar-refractivity contribution is 6.04. The van der Waals surface area contributed by atoms with Gasteiger partial charge in [-0.25, -0.2) is 14.8 Å². The predicted octanol–water partition coefficient (Wildman–Crippen LogP) is 2.45. The number of anilines is 2. The monoisotopic (exact) mass is 348 g/mol. The zero-order valence-corrected chi connectivity index (χ0v) is 13.7. The van der Waals surface area contributed by atoms with E-state index in [1.807, 2.05) is 12.1 Å². The van der Waals surface area contributed by atoms with Gasteiger partial charge >= 0.3 is 6.03 Å². The fourth-order valence-electron chi connectivity index (χ4n) is 2.13. The van der Waals surface area contributed by atoms with Gasteiger partial charge in [-0.15, -0.1) is 0 Å². The molecule has 3 rings (SSSR count). The molecular formula is C18H16N6O2. The zero-order chi connectivity index (χ0) is 18.2. The third-order valence-corrected chi connectivity index (χ3v) is 3.43. The number of carbonyl (C=O) groups excluding carboxylic acids is 2. The minimum absolute atomic E-state index is 0.284. The molecule has 3 aromatic rings. The van der Waals surface area contributed by atoms with Crippen molar-refractivity contribution < 1.29 is 9.59 Å². The lowest BCUT2D eigenvalue weighted by molar-refractivity contribution is 0.102. The number of urea groups is 1. The molecule has 3 N–H and O–H groups in total. The number of rotatable bonds is 5. The number of amides is 3. The Balaban J connectivity index is 1.52. The van der Waals surface area contributed by atoms with Crippen molar-refractivity contribution in [1.29, 1.82) is 0 Å². The smallest absolute Gasteiger partial charge is 0.319 e. The van der Waals surface area contributed by atoms with E-state index in [4.69, 9.17) is 0 Å². The van der Waals surface area contributed by atoms with Crippen LogP contribution in [0.25, 0.3) is 0 Å². The van der Waals surface area contributed by atoms with Crippen LogP contribution in [0.15, 0.2) is 67.5 Å². The van der Waals surface area contributed by atoms with Crippen molar-refractivity contribution >= 4 is 23.3 Å². The van der Waals surface area contributed by atoms with Crippen LogP contribution in [0.3, 0.4) is 0 Å². The van der Waals surface area contributed by atoms with E-state index in [1.165, 1.54) is 18.7 Å². The van der Waals surface area contributed by atoms with Gasteiger partial charge in [-0.3, -0.25) is 9.78 Å². The normalized spacial score (nSPS) is 10.0. The second kappa shape index (κ2) is 8.34. The molecule has 0 radical (unpaired) electrons. The fourth-order valence-corrected chi connectivity index (χ4v) is 2.13. The van der Waals surface area contributed by atoms with Gasteiger partial charge in [0.05, 0.1) is 18.1 Å². The van der Waals surface area contributed by atoms with Crippen molar-refractivity contribution in [1.82, 2.24) is 20.3 Å². The quantitative estimate of drug-likeness (QED) is 0.656. The minimum Gasteiger partial charge on any atom is -0.334 e. The van der Waals surface area contributed by atoms with Crippen LogP contribution in [0.4, 0.5) is 16.2 Å². The summed E-state index contributed by atoms with van der Waals surface area (Å²) in [6, 6.07) is 9.87. The van der Waals surface area contributed by atoms with Crippen LogP contribution in [0, 0.1) is 0 Å². The first-order chi connectivity index (χ1) is 12.7. The molecule has 0 atom stereocenters. The molecule has 0 aliphatic rings. The third kappa shape index (κ3) is 4.84. The molecule has 0 aliphatic heterocycles. The molecule has 130 valence electrons. The number of pyridine rings is 1. The lowest BCUT2D eigenvalue weighted by atomic mass is 10.2. The predicted molar refractivity (Wildman–Crippen MR) is 96.5 cm³/mol. The summed E-state index contributed by atoms with van der Waals surface area (Å²) < 4.78 is 0. The van der Waals surface area contributed by atoms with Gasteiger partial charge in [0.15, 0.2) is 0 Å². The number of benzene rings is 1. The number of hydrogen-bond donors (Lipinski definition) is 3. The van der Waals surface area contributed by atoms with Crippen molar-refractivity contribution in [2.24, 2.45) is 0 Å². The van der Waals surface area contributed by atoms with E-state index in [2.05, 4.69) is 30.9 Å². The third-order valence-electron chi connectivity index (χ3n) is 3.43. The molecule has 3 amide bonds. The van der Waals surface area contributed by atoms with Crippen molar-refractivity contribution in [2.75, 3.05) is 10.6 Å². The highest BCUT2D eigenvalue weighted by Crippen LogP contribution is 2.11. The van der Waals surface area contributed by atoms with Gasteiger partial charge in [-0.2, -0.15) is 0 Å². The molecule has 0 saturated carbocycles. The fraction of sp³-hybridized carbons (Fsp3) is 0.0556. The Morgan fingerprint density at radius 2 is 1.50 bits per heavy atom. The number of hydrogen-bond acceptors (Lipinski definition) is 5. The largest absolute Gasteiger partial charge is 0.334 e. The Bertz CT molecular complexity index is 869. The number of nitrogens with zero attached hydrogens (tertiary/aromatic N) is 3. The van der Waals surface area contributed by atoms with Crippen LogP contribution < -0.4 is 16.0 Å². The summed E-state index contributed by atoms with van der Waals surface area (Å²) in [6.45, 7) is 0.397. The summed E-state index contributed by atoms with van der Waals surface area (Å²) in [5.74, 6) is -0.284. The zero-order valence-electron chi connectivity index (χ0n) is 13.7. The topological polar surface area (TPSA) is 109 Å². The van der Waals surface area contributed by atoms with E-state index in [-0.39, 0.29) is 11.9 Å². The van der Waals surface area contributed by atoms with Crippen molar-refractivity contribution in [2.45, 2.75) is 6.54 Å². The highest BCUT2D eigenvalue weighted by Gasteiger charge is 2.07. The van der Waals surface area contributed by atoms with Gasteiger partial charge in [0.1, 0.15) is 6.33 Å². The summed E-state index contributed by atoms with van der Waals surface area (Å²) in [5.41, 5.74) is 2.50. The number of aromatic nitrogens is 3. The van der Waals surface area contributed by atoms with E-state index in [9.17, 15) is 9.59 Å². The Hall–Kier alpha value is -3.81. The Kier molecular flexibility index (Phi) is 5.46. The molecule has 2 aromatic heterocycles. The average molecular weight is 348 g/mol. The van der Waals surface area contributed by atoms with E-state index in [1.54, 1.807) is 36.7 Å². The summed E-state index contributed by atoms with van der Waals surface area (Å²) in [6.07, 6.45) is 7.73. The van der Waals surface area contributed by atoms with Crippen molar-refractivity contribution in [3.05, 3.63) is 78.6 Å². The van der Waals surface area contributed by atoms with Crippen LogP contribution in [0.2, 0.25) is 0 Å². The number of nitrogens with one attached hydrogen (secondary N) is 3. The van der Waals surface area contributed by atoms with E-state index >= 15 is 0 Å². The standard InChI is InChI=1S/C18H16N6O2/c25-17(23-16-10-20-12-21-11-16)14-1-3-15(4-2-14)24-18(26)22-9-13-5-7-19-8-6-13/h1-8,10-12H,9H2,(H,23,25)(H2,22,24,26). The maximum absolute atomic E-state index is 12.1. The van der Waals surface area contributed by atoms with Crippen molar-refractivity contribution in [3.8, 4) is 0 Å². The second-order valence-electron chi connectivity index (χ2n) is 5.32. The molecule has 1 aromatic carbocycles. The molecule has 0 saturated heterocycles. The van der Waals surface area contributed by atoms with Gasteiger partial charge < -0.3 is 16.0 Å². The lowest BCUT2D eigenvalue weighted by Gasteiger charge is -2.09. The van der Waals surface area contributed by atoms with E-state index in [0.717, 1.165) is 5.56 Å². The first kappa shape index (κ1) is 17.0. The average Bonchev–Trinajstić information content (AvgIpc) is 2.68. The van der Waals surface area contributed by atoms with Gasteiger partial charge in [-0.1, -0.05) is 0 Å². The molecule has 0 bridgehead atoms. The molecule has 0 aliphatic carbocycles. The summed E-state index contributed by atoms with van der Waals surface area (Å²) >= 11 is 0. The van der Waals surface area contributed by atoms with Gasteiger partial charge in [0, 0.05) is 30.2 Å². The van der Waals surface area contributed by atoms with Gasteiger partial charge in [0.2, 0.25) is 0 Å². The first-order valence-corrected chi connectivity index (χ1v) is 7.81. The van der Waals surface area contributed by atoms with E-state index < -0.39 is 0 Å². The Morgan fingerprint density at radius 1 is 0.808 bits per heavy atom.